The van der Waals surface area contributed by atoms with Crippen molar-refractivity contribution in [3.05, 3.63) is 101 Å². The van der Waals surface area contributed by atoms with Crippen molar-refractivity contribution in [2.24, 2.45) is 0 Å². The highest BCUT2D eigenvalue weighted by Crippen LogP contribution is 2.24. The first-order valence-electron chi connectivity index (χ1n) is 9.30. The van der Waals surface area contributed by atoms with E-state index in [1.165, 1.54) is 18.2 Å². The molecule has 1 nitrogen and oxygen atoms in total. The number of nitrogens with zero attached hydrogens (tertiary/aromatic N) is 1. The third kappa shape index (κ3) is 3.90. The van der Waals surface area contributed by atoms with Gasteiger partial charge in [0.05, 0.1) is 11.3 Å². The molecular formula is C25H15F4N. The van der Waals surface area contributed by atoms with Crippen LogP contribution in [0.1, 0.15) is 23.6 Å². The Morgan fingerprint density at radius 3 is 2.07 bits per heavy atom. The summed E-state index contributed by atoms with van der Waals surface area (Å²) in [5.41, 5.74) is 1.87. The van der Waals surface area contributed by atoms with Crippen LogP contribution in [0.5, 0.6) is 0 Å². The third-order valence-corrected chi connectivity index (χ3v) is 4.78. The van der Waals surface area contributed by atoms with Crippen LogP contribution in [-0.2, 0) is 6.42 Å². The second-order valence-corrected chi connectivity index (χ2v) is 6.80. The molecule has 0 aliphatic rings. The summed E-state index contributed by atoms with van der Waals surface area (Å²) in [4.78, 5) is 4.24. The first-order valence-corrected chi connectivity index (χ1v) is 9.30. The van der Waals surface area contributed by atoms with E-state index in [4.69, 9.17) is 0 Å². The van der Waals surface area contributed by atoms with Gasteiger partial charge in [0, 0.05) is 17.3 Å². The summed E-state index contributed by atoms with van der Waals surface area (Å²) in [7, 11) is 0. The fraction of sp³-hybridized carbons (Fsp3) is 0.0800. The quantitative estimate of drug-likeness (QED) is 0.277. The van der Waals surface area contributed by atoms with Crippen molar-refractivity contribution < 1.29 is 17.6 Å². The minimum atomic E-state index is -0.971. The molecule has 5 heteroatoms. The fourth-order valence-electron chi connectivity index (χ4n) is 3.10. The molecule has 3 aromatic carbocycles. The summed E-state index contributed by atoms with van der Waals surface area (Å²) in [5.74, 6) is 1.67. The average Bonchev–Trinajstić information content (AvgIpc) is 2.74. The number of rotatable bonds is 2. The Morgan fingerprint density at radius 2 is 1.43 bits per heavy atom. The first kappa shape index (κ1) is 19.7. The molecule has 0 aliphatic heterocycles. The monoisotopic (exact) mass is 405 g/mol. The van der Waals surface area contributed by atoms with Crippen molar-refractivity contribution >= 4 is 10.8 Å². The van der Waals surface area contributed by atoms with Gasteiger partial charge in [0.1, 0.15) is 11.6 Å². The summed E-state index contributed by atoms with van der Waals surface area (Å²) in [6.45, 7) is 1.99. The van der Waals surface area contributed by atoms with Crippen LogP contribution in [-0.4, -0.2) is 4.98 Å². The smallest absolute Gasteiger partial charge is 0.159 e. The lowest BCUT2D eigenvalue weighted by molar-refractivity contribution is 0.511. The van der Waals surface area contributed by atoms with E-state index in [1.807, 2.05) is 13.0 Å². The Kier molecular flexibility index (Phi) is 5.24. The normalized spacial score (nSPS) is 10.7. The van der Waals surface area contributed by atoms with Crippen LogP contribution in [0, 0.1) is 35.1 Å². The van der Waals surface area contributed by atoms with Crippen LogP contribution in [0.3, 0.4) is 0 Å². The van der Waals surface area contributed by atoms with Gasteiger partial charge in [0.25, 0.3) is 0 Å². The summed E-state index contributed by atoms with van der Waals surface area (Å²) in [5, 5.41) is 0.946. The lowest BCUT2D eigenvalue weighted by atomic mass is 10.0. The lowest BCUT2D eigenvalue weighted by Crippen LogP contribution is -1.94. The van der Waals surface area contributed by atoms with Crippen molar-refractivity contribution in [2.75, 3.05) is 0 Å². The van der Waals surface area contributed by atoms with Crippen LogP contribution in [0.15, 0.2) is 60.8 Å². The number of aromatic nitrogens is 1. The number of halogens is 4. The minimum Gasteiger partial charge on any atom is -0.256 e. The molecule has 1 aromatic heterocycles. The van der Waals surface area contributed by atoms with Crippen molar-refractivity contribution in [3.8, 4) is 23.1 Å². The van der Waals surface area contributed by atoms with E-state index < -0.39 is 23.3 Å². The molecule has 0 saturated heterocycles. The summed E-state index contributed by atoms with van der Waals surface area (Å²) in [6, 6.07) is 12.8. The maximum Gasteiger partial charge on any atom is 0.159 e. The van der Waals surface area contributed by atoms with Gasteiger partial charge < -0.3 is 0 Å². The second-order valence-electron chi connectivity index (χ2n) is 6.80. The highest BCUT2D eigenvalue weighted by molar-refractivity contribution is 5.84. The van der Waals surface area contributed by atoms with Gasteiger partial charge in [-0.1, -0.05) is 30.9 Å². The maximum atomic E-state index is 14.5. The molecule has 0 N–H and O–H groups in total. The van der Waals surface area contributed by atoms with Crippen LogP contribution < -0.4 is 0 Å². The standard InChI is InChI=1S/C25H15F4N/c1-2-15-5-8-25(30-14-15)19-12-21(26)20(22(27)13-19)7-4-16-3-6-17-10-23(28)24(29)11-18(17)9-16/h3,5-6,8-14H,2H2,1H3. The van der Waals surface area contributed by atoms with Crippen LogP contribution >= 0.6 is 0 Å². The molecule has 0 bridgehead atoms. The summed E-state index contributed by atoms with van der Waals surface area (Å²) < 4.78 is 55.8. The molecule has 0 amide bonds. The zero-order valence-corrected chi connectivity index (χ0v) is 15.9. The number of hydrogen-bond acceptors (Lipinski definition) is 1. The van der Waals surface area contributed by atoms with E-state index in [-0.39, 0.29) is 5.56 Å². The number of benzene rings is 3. The highest BCUT2D eigenvalue weighted by atomic mass is 19.2. The predicted molar refractivity (Wildman–Crippen MR) is 109 cm³/mol. The van der Waals surface area contributed by atoms with Crippen molar-refractivity contribution in [1.29, 1.82) is 0 Å². The van der Waals surface area contributed by atoms with E-state index in [2.05, 4.69) is 16.8 Å². The van der Waals surface area contributed by atoms with Gasteiger partial charge in [-0.3, -0.25) is 4.98 Å². The molecule has 0 spiro atoms. The van der Waals surface area contributed by atoms with Gasteiger partial charge in [-0.15, -0.1) is 0 Å². The van der Waals surface area contributed by atoms with Crippen molar-refractivity contribution in [1.82, 2.24) is 4.98 Å². The molecule has 148 valence electrons. The zero-order valence-electron chi connectivity index (χ0n) is 15.9. The fourth-order valence-corrected chi connectivity index (χ4v) is 3.10. The Hall–Kier alpha value is -3.65. The van der Waals surface area contributed by atoms with E-state index in [0.717, 1.165) is 24.1 Å². The van der Waals surface area contributed by atoms with Gasteiger partial charge in [-0.2, -0.15) is 0 Å². The van der Waals surface area contributed by atoms with E-state index in [0.29, 0.717) is 27.6 Å². The third-order valence-electron chi connectivity index (χ3n) is 4.78. The number of hydrogen-bond donors (Lipinski definition) is 0. The van der Waals surface area contributed by atoms with Gasteiger partial charge >= 0.3 is 0 Å². The first-order chi connectivity index (χ1) is 14.4. The van der Waals surface area contributed by atoms with Crippen LogP contribution in [0.25, 0.3) is 22.0 Å². The largest absolute Gasteiger partial charge is 0.256 e. The summed E-state index contributed by atoms with van der Waals surface area (Å²) in [6.07, 6.45) is 2.49. The molecule has 0 unspecified atom stereocenters. The summed E-state index contributed by atoms with van der Waals surface area (Å²) >= 11 is 0. The predicted octanol–water partition coefficient (Wildman–Crippen LogP) is 6.42. The Bertz CT molecular complexity index is 1290. The van der Waals surface area contributed by atoms with E-state index in [9.17, 15) is 17.6 Å². The van der Waals surface area contributed by atoms with Gasteiger partial charge in [-0.25, -0.2) is 17.6 Å². The molecule has 4 aromatic rings. The second kappa shape index (κ2) is 8.00. The van der Waals surface area contributed by atoms with Crippen LogP contribution in [0.4, 0.5) is 17.6 Å². The Labute approximate surface area is 171 Å². The van der Waals surface area contributed by atoms with E-state index in [1.54, 1.807) is 24.4 Å². The molecule has 0 radical (unpaired) electrons. The zero-order chi connectivity index (χ0) is 21.3. The minimum absolute atomic E-state index is 0.321. The SMILES string of the molecule is CCc1ccc(-c2cc(F)c(C#Cc3ccc4cc(F)c(F)cc4c3)c(F)c2)nc1. The van der Waals surface area contributed by atoms with Crippen LogP contribution in [0.2, 0.25) is 0 Å². The topological polar surface area (TPSA) is 12.9 Å². The number of fused-ring (bicyclic) bond motifs is 1. The average molecular weight is 405 g/mol. The Morgan fingerprint density at radius 1 is 0.733 bits per heavy atom. The molecule has 0 aliphatic carbocycles. The lowest BCUT2D eigenvalue weighted by Gasteiger charge is -2.05. The van der Waals surface area contributed by atoms with Crippen molar-refractivity contribution in [3.63, 3.8) is 0 Å². The molecular weight excluding hydrogens is 390 g/mol. The van der Waals surface area contributed by atoms with Gasteiger partial charge in [0.15, 0.2) is 11.6 Å². The molecule has 4 rings (SSSR count). The van der Waals surface area contributed by atoms with Gasteiger partial charge in [-0.05, 0) is 65.2 Å². The maximum absolute atomic E-state index is 14.5. The molecule has 30 heavy (non-hydrogen) atoms. The van der Waals surface area contributed by atoms with Gasteiger partial charge in [0.2, 0.25) is 0 Å². The van der Waals surface area contributed by atoms with E-state index >= 15 is 0 Å². The highest BCUT2D eigenvalue weighted by Gasteiger charge is 2.11. The number of aryl methyl sites for hydroxylation is 1. The van der Waals surface area contributed by atoms with Crippen molar-refractivity contribution in [2.45, 2.75) is 13.3 Å². The molecule has 0 atom stereocenters. The molecule has 0 fully saturated rings. The number of pyridine rings is 1. The molecule has 0 saturated carbocycles. The molecule has 1 heterocycles. The Balaban J connectivity index is 1.68.